The van der Waals surface area contributed by atoms with Gasteiger partial charge in [-0.3, -0.25) is 9.59 Å². The summed E-state index contributed by atoms with van der Waals surface area (Å²) < 4.78 is 27.4. The predicted octanol–water partition coefficient (Wildman–Crippen LogP) is 4.54. The van der Waals surface area contributed by atoms with Crippen molar-refractivity contribution in [2.24, 2.45) is 0 Å². The number of ether oxygens (including phenoxy) is 5. The SMILES string of the molecule is CCOc1ccc(/C(=C/C(=O)N2CCN(C(=O)c3cc(OC)c(OC)c(OC)c3)CC2)c2ccccc2)cc1OC. The molecule has 0 saturated carbocycles. The topological polar surface area (TPSA) is 86.8 Å². The van der Waals surface area contributed by atoms with Gasteiger partial charge in [0.15, 0.2) is 23.0 Å². The minimum Gasteiger partial charge on any atom is -0.493 e. The van der Waals surface area contributed by atoms with Crippen molar-refractivity contribution in [2.45, 2.75) is 6.92 Å². The molecule has 0 N–H and O–H groups in total. The Kier molecular flexibility index (Phi) is 9.73. The molecule has 1 aliphatic rings. The summed E-state index contributed by atoms with van der Waals surface area (Å²) in [5.74, 6) is 2.19. The van der Waals surface area contributed by atoms with Crippen LogP contribution in [0.3, 0.4) is 0 Å². The van der Waals surface area contributed by atoms with Crippen molar-refractivity contribution in [3.63, 3.8) is 0 Å². The van der Waals surface area contributed by atoms with E-state index in [1.807, 2.05) is 55.5 Å². The number of rotatable bonds is 10. The second kappa shape index (κ2) is 13.6. The monoisotopic (exact) mass is 560 g/mol. The molecule has 216 valence electrons. The molecule has 0 atom stereocenters. The number of amides is 2. The fourth-order valence-corrected chi connectivity index (χ4v) is 4.79. The highest BCUT2D eigenvalue weighted by Gasteiger charge is 2.26. The summed E-state index contributed by atoms with van der Waals surface area (Å²) in [5.41, 5.74) is 2.94. The molecule has 0 spiro atoms. The largest absolute Gasteiger partial charge is 0.493 e. The molecule has 0 unspecified atom stereocenters. The average molecular weight is 561 g/mol. The maximum absolute atomic E-state index is 13.5. The second-order valence-electron chi connectivity index (χ2n) is 9.25. The lowest BCUT2D eigenvalue weighted by Gasteiger charge is -2.34. The van der Waals surface area contributed by atoms with E-state index < -0.39 is 0 Å². The van der Waals surface area contributed by atoms with Crippen molar-refractivity contribution < 1.29 is 33.3 Å². The number of benzene rings is 3. The summed E-state index contributed by atoms with van der Waals surface area (Å²) in [6, 6.07) is 18.7. The first kappa shape index (κ1) is 29.3. The van der Waals surface area contributed by atoms with Gasteiger partial charge in [-0.2, -0.15) is 0 Å². The molecule has 2 amide bonds. The van der Waals surface area contributed by atoms with Crippen LogP contribution in [-0.4, -0.2) is 82.8 Å². The van der Waals surface area contributed by atoms with Gasteiger partial charge in [0.25, 0.3) is 5.91 Å². The zero-order valence-corrected chi connectivity index (χ0v) is 24.1. The second-order valence-corrected chi connectivity index (χ2v) is 9.25. The molecule has 3 aromatic carbocycles. The van der Waals surface area contributed by atoms with Crippen molar-refractivity contribution in [1.29, 1.82) is 0 Å². The van der Waals surface area contributed by atoms with Gasteiger partial charge >= 0.3 is 0 Å². The molecule has 1 fully saturated rings. The summed E-state index contributed by atoms with van der Waals surface area (Å²) in [6.07, 6.45) is 1.65. The van der Waals surface area contributed by atoms with Gasteiger partial charge in [0.05, 0.1) is 35.0 Å². The summed E-state index contributed by atoms with van der Waals surface area (Å²) in [5, 5.41) is 0. The molecule has 9 nitrogen and oxygen atoms in total. The maximum atomic E-state index is 13.5. The summed E-state index contributed by atoms with van der Waals surface area (Å²) >= 11 is 0. The Labute approximate surface area is 240 Å². The van der Waals surface area contributed by atoms with Gasteiger partial charge in [0, 0.05) is 37.8 Å². The normalized spacial score (nSPS) is 13.4. The Morgan fingerprint density at radius 3 is 1.83 bits per heavy atom. The molecule has 0 radical (unpaired) electrons. The van der Waals surface area contributed by atoms with Gasteiger partial charge in [-0.1, -0.05) is 36.4 Å². The molecule has 0 aliphatic carbocycles. The number of nitrogens with zero attached hydrogens (tertiary/aromatic N) is 2. The van der Waals surface area contributed by atoms with Crippen molar-refractivity contribution in [1.82, 2.24) is 9.80 Å². The average Bonchev–Trinajstić information content (AvgIpc) is 3.03. The fourth-order valence-electron chi connectivity index (χ4n) is 4.79. The van der Waals surface area contributed by atoms with Crippen molar-refractivity contribution >= 4 is 17.4 Å². The molecule has 4 rings (SSSR count). The lowest BCUT2D eigenvalue weighted by molar-refractivity contribution is -0.127. The van der Waals surface area contributed by atoms with Crippen LogP contribution in [0.5, 0.6) is 28.7 Å². The smallest absolute Gasteiger partial charge is 0.254 e. The third-order valence-corrected chi connectivity index (χ3v) is 6.92. The Hall–Kier alpha value is -4.66. The van der Waals surface area contributed by atoms with Crippen molar-refractivity contribution in [2.75, 3.05) is 61.2 Å². The Balaban J connectivity index is 1.53. The first-order valence-corrected chi connectivity index (χ1v) is 13.4. The Morgan fingerprint density at radius 1 is 0.683 bits per heavy atom. The van der Waals surface area contributed by atoms with Gasteiger partial charge < -0.3 is 33.5 Å². The van der Waals surface area contributed by atoms with Crippen LogP contribution in [0.25, 0.3) is 5.57 Å². The highest BCUT2D eigenvalue weighted by Crippen LogP contribution is 2.38. The van der Waals surface area contributed by atoms with Crippen LogP contribution >= 0.6 is 0 Å². The third kappa shape index (κ3) is 6.57. The number of methoxy groups -OCH3 is 4. The van der Waals surface area contributed by atoms with E-state index in [9.17, 15) is 9.59 Å². The number of hydrogen-bond donors (Lipinski definition) is 0. The van der Waals surface area contributed by atoms with Crippen LogP contribution in [0.4, 0.5) is 0 Å². The van der Waals surface area contributed by atoms with Crippen molar-refractivity contribution in [3.05, 3.63) is 83.4 Å². The molecule has 1 saturated heterocycles. The molecular weight excluding hydrogens is 524 g/mol. The lowest BCUT2D eigenvalue weighted by Crippen LogP contribution is -2.50. The minimum atomic E-state index is -0.168. The predicted molar refractivity (Wildman–Crippen MR) is 156 cm³/mol. The molecular formula is C32H36N2O7. The molecule has 0 aromatic heterocycles. The third-order valence-electron chi connectivity index (χ3n) is 6.92. The molecule has 1 aliphatic heterocycles. The quantitative estimate of drug-likeness (QED) is 0.337. The number of piperazine rings is 1. The molecule has 0 bridgehead atoms. The van der Waals surface area contributed by atoms with Crippen LogP contribution in [0.1, 0.15) is 28.4 Å². The first-order valence-electron chi connectivity index (χ1n) is 13.4. The Morgan fingerprint density at radius 2 is 1.27 bits per heavy atom. The highest BCUT2D eigenvalue weighted by atomic mass is 16.5. The molecule has 1 heterocycles. The van der Waals surface area contributed by atoms with Crippen molar-refractivity contribution in [3.8, 4) is 28.7 Å². The lowest BCUT2D eigenvalue weighted by atomic mass is 9.96. The zero-order chi connectivity index (χ0) is 29.4. The van der Waals surface area contributed by atoms with E-state index in [0.29, 0.717) is 67.1 Å². The van der Waals surface area contributed by atoms with Gasteiger partial charge in [0.1, 0.15) is 0 Å². The highest BCUT2D eigenvalue weighted by molar-refractivity contribution is 6.00. The molecule has 3 aromatic rings. The van der Waals surface area contributed by atoms with Gasteiger partial charge in [-0.25, -0.2) is 0 Å². The summed E-state index contributed by atoms with van der Waals surface area (Å²) in [7, 11) is 6.13. The molecule has 9 heteroatoms. The van der Waals surface area contributed by atoms with Crippen LogP contribution in [0.15, 0.2) is 66.7 Å². The van der Waals surface area contributed by atoms with Gasteiger partial charge in [-0.15, -0.1) is 0 Å². The number of hydrogen-bond acceptors (Lipinski definition) is 7. The van der Waals surface area contributed by atoms with E-state index >= 15 is 0 Å². The van der Waals surface area contributed by atoms with E-state index in [4.69, 9.17) is 23.7 Å². The summed E-state index contributed by atoms with van der Waals surface area (Å²) in [4.78, 5) is 30.3. The van der Waals surface area contributed by atoms with Crippen LogP contribution < -0.4 is 23.7 Å². The van der Waals surface area contributed by atoms with E-state index in [-0.39, 0.29) is 11.8 Å². The van der Waals surface area contributed by atoms with E-state index in [1.54, 1.807) is 35.1 Å². The van der Waals surface area contributed by atoms with E-state index in [2.05, 4.69) is 0 Å². The Bertz CT molecular complexity index is 1370. The number of carbonyl (C=O) groups excluding carboxylic acids is 2. The fraction of sp³-hybridized carbons (Fsp3) is 0.312. The van der Waals surface area contributed by atoms with E-state index in [1.165, 1.54) is 21.3 Å². The zero-order valence-electron chi connectivity index (χ0n) is 24.1. The number of carbonyl (C=O) groups is 2. The van der Waals surface area contributed by atoms with Crippen LogP contribution in [-0.2, 0) is 4.79 Å². The van der Waals surface area contributed by atoms with Gasteiger partial charge in [0.2, 0.25) is 11.7 Å². The summed E-state index contributed by atoms with van der Waals surface area (Å²) in [6.45, 7) is 4.03. The van der Waals surface area contributed by atoms with Gasteiger partial charge in [-0.05, 0) is 47.9 Å². The van der Waals surface area contributed by atoms with E-state index in [0.717, 1.165) is 16.7 Å². The van der Waals surface area contributed by atoms with Crippen LogP contribution in [0.2, 0.25) is 0 Å². The molecule has 41 heavy (non-hydrogen) atoms. The maximum Gasteiger partial charge on any atom is 0.254 e. The standard InChI is InChI=1S/C32H36N2O7/c1-6-41-26-13-12-23(18-27(26)37-2)25(22-10-8-7-9-11-22)21-30(35)33-14-16-34(17-15-33)32(36)24-19-28(38-3)31(40-5)29(20-24)39-4/h7-13,18-21H,6,14-17H2,1-5H3/b25-21+. The minimum absolute atomic E-state index is 0.128. The first-order chi connectivity index (χ1) is 19.9. The van der Waals surface area contributed by atoms with Crippen LogP contribution in [0, 0.1) is 0 Å².